The molecule has 1 N–H and O–H groups in total. The summed E-state index contributed by atoms with van der Waals surface area (Å²) in [6, 6.07) is 5.80. The molecule has 0 saturated heterocycles. The molecule has 5 nitrogen and oxygen atoms in total. The minimum atomic E-state index is -3.12. The lowest BCUT2D eigenvalue weighted by atomic mass is 10.1. The number of amides is 1. The fraction of sp³-hybridized carbons (Fsp3) is 0.500. The normalized spacial score (nSPS) is 11.7. The van der Waals surface area contributed by atoms with Gasteiger partial charge in [-0.1, -0.05) is 17.7 Å². The van der Waals surface area contributed by atoms with Crippen LogP contribution in [0.2, 0.25) is 0 Å². The van der Waals surface area contributed by atoms with Crippen molar-refractivity contribution in [3.05, 3.63) is 29.3 Å². The van der Waals surface area contributed by atoms with Gasteiger partial charge in [0.05, 0.1) is 5.75 Å². The molecule has 6 heteroatoms. The molecule has 0 aromatic heterocycles. The highest BCUT2D eigenvalue weighted by atomic mass is 32.2. The lowest BCUT2D eigenvalue weighted by Gasteiger charge is -2.15. The molecule has 112 valence electrons. The number of hydrogen-bond acceptors (Lipinski definition) is 4. The SMILES string of the molecule is Cc1ccc(NC(=O)CCS(C)(=O)=O)c(CN(C)C)c1. The van der Waals surface area contributed by atoms with Gasteiger partial charge >= 0.3 is 0 Å². The van der Waals surface area contributed by atoms with Gasteiger partial charge in [-0.15, -0.1) is 0 Å². The predicted molar refractivity (Wildman–Crippen MR) is 81.5 cm³/mol. The van der Waals surface area contributed by atoms with Gasteiger partial charge in [0.15, 0.2) is 0 Å². The molecule has 0 saturated carbocycles. The molecular weight excluding hydrogens is 276 g/mol. The van der Waals surface area contributed by atoms with Gasteiger partial charge in [-0.05, 0) is 32.6 Å². The van der Waals surface area contributed by atoms with Crippen molar-refractivity contribution in [3.8, 4) is 0 Å². The number of sulfone groups is 1. The van der Waals surface area contributed by atoms with Gasteiger partial charge in [-0.3, -0.25) is 4.79 Å². The predicted octanol–water partition coefficient (Wildman–Crippen LogP) is 1.43. The summed E-state index contributed by atoms with van der Waals surface area (Å²) < 4.78 is 22.1. The topological polar surface area (TPSA) is 66.5 Å². The van der Waals surface area contributed by atoms with Crippen LogP contribution in [0.5, 0.6) is 0 Å². The maximum Gasteiger partial charge on any atom is 0.225 e. The van der Waals surface area contributed by atoms with Crippen molar-refractivity contribution in [2.75, 3.05) is 31.4 Å². The Morgan fingerprint density at radius 2 is 1.95 bits per heavy atom. The van der Waals surface area contributed by atoms with E-state index in [-0.39, 0.29) is 18.1 Å². The summed E-state index contributed by atoms with van der Waals surface area (Å²) in [6.07, 6.45) is 1.11. The van der Waals surface area contributed by atoms with E-state index in [1.54, 1.807) is 0 Å². The summed E-state index contributed by atoms with van der Waals surface area (Å²) in [7, 11) is 0.796. The van der Waals surface area contributed by atoms with Gasteiger partial charge in [0, 0.05) is 24.9 Å². The molecule has 20 heavy (non-hydrogen) atoms. The van der Waals surface area contributed by atoms with Gasteiger partial charge < -0.3 is 10.2 Å². The van der Waals surface area contributed by atoms with E-state index in [0.717, 1.165) is 23.1 Å². The largest absolute Gasteiger partial charge is 0.326 e. The van der Waals surface area contributed by atoms with Gasteiger partial charge in [0.25, 0.3) is 0 Å². The number of nitrogens with zero attached hydrogens (tertiary/aromatic N) is 1. The van der Waals surface area contributed by atoms with Crippen molar-refractivity contribution < 1.29 is 13.2 Å². The third-order valence-electron chi connectivity index (χ3n) is 2.72. The number of nitrogens with one attached hydrogen (secondary N) is 1. The molecule has 1 rings (SSSR count). The first-order chi connectivity index (χ1) is 9.17. The molecule has 1 aromatic carbocycles. The molecule has 1 amide bonds. The van der Waals surface area contributed by atoms with Crippen molar-refractivity contribution >= 4 is 21.4 Å². The Labute approximate surface area is 120 Å². The second kappa shape index (κ2) is 6.85. The summed E-state index contributed by atoms with van der Waals surface area (Å²) in [6.45, 7) is 2.71. The Bertz CT molecular complexity index is 580. The van der Waals surface area contributed by atoms with E-state index in [1.165, 1.54) is 0 Å². The van der Waals surface area contributed by atoms with E-state index < -0.39 is 9.84 Å². The molecule has 0 heterocycles. The highest BCUT2D eigenvalue weighted by molar-refractivity contribution is 7.90. The van der Waals surface area contributed by atoms with Crippen LogP contribution in [0.4, 0.5) is 5.69 Å². The molecule has 0 aliphatic carbocycles. The summed E-state index contributed by atoms with van der Waals surface area (Å²) in [5.74, 6) is -0.410. The van der Waals surface area contributed by atoms with E-state index in [0.29, 0.717) is 6.54 Å². The quantitative estimate of drug-likeness (QED) is 0.863. The first-order valence-corrected chi connectivity index (χ1v) is 8.45. The third-order valence-corrected chi connectivity index (χ3v) is 3.67. The van der Waals surface area contributed by atoms with Crippen LogP contribution in [0.3, 0.4) is 0 Å². The maximum absolute atomic E-state index is 11.8. The van der Waals surface area contributed by atoms with Gasteiger partial charge in [0.2, 0.25) is 5.91 Å². The van der Waals surface area contributed by atoms with E-state index in [4.69, 9.17) is 0 Å². The van der Waals surface area contributed by atoms with Gasteiger partial charge in [-0.25, -0.2) is 8.42 Å². The maximum atomic E-state index is 11.8. The standard InChI is InChI=1S/C14H22N2O3S/c1-11-5-6-13(12(9-11)10-16(2)3)15-14(17)7-8-20(4,18)19/h5-6,9H,7-8,10H2,1-4H3,(H,15,17). The number of benzene rings is 1. The van der Waals surface area contributed by atoms with Crippen LogP contribution in [0.1, 0.15) is 17.5 Å². The minimum absolute atomic E-state index is 0.0197. The van der Waals surface area contributed by atoms with Crippen LogP contribution < -0.4 is 5.32 Å². The van der Waals surface area contributed by atoms with E-state index in [1.807, 2.05) is 44.1 Å². The summed E-state index contributed by atoms with van der Waals surface area (Å²) in [4.78, 5) is 13.8. The van der Waals surface area contributed by atoms with Gasteiger partial charge in [-0.2, -0.15) is 0 Å². The molecule has 1 aromatic rings. The summed E-state index contributed by atoms with van der Waals surface area (Å²) in [5, 5.41) is 2.79. The Balaban J connectivity index is 2.78. The Morgan fingerprint density at radius 3 is 2.50 bits per heavy atom. The van der Waals surface area contributed by atoms with Crippen LogP contribution in [0.25, 0.3) is 0 Å². The molecule has 0 bridgehead atoms. The summed E-state index contributed by atoms with van der Waals surface area (Å²) in [5.41, 5.74) is 2.88. The molecule has 0 radical (unpaired) electrons. The molecule has 0 spiro atoms. The average molecular weight is 298 g/mol. The van der Waals surface area contributed by atoms with Crippen molar-refractivity contribution in [3.63, 3.8) is 0 Å². The summed E-state index contributed by atoms with van der Waals surface area (Å²) >= 11 is 0. The second-order valence-electron chi connectivity index (χ2n) is 5.33. The van der Waals surface area contributed by atoms with E-state index in [9.17, 15) is 13.2 Å². The van der Waals surface area contributed by atoms with E-state index >= 15 is 0 Å². The van der Waals surface area contributed by atoms with Crippen LogP contribution in [0.15, 0.2) is 18.2 Å². The highest BCUT2D eigenvalue weighted by Crippen LogP contribution is 2.19. The van der Waals surface area contributed by atoms with Crippen molar-refractivity contribution in [1.29, 1.82) is 0 Å². The first-order valence-electron chi connectivity index (χ1n) is 6.39. The average Bonchev–Trinajstić information content (AvgIpc) is 2.28. The number of anilines is 1. The first kappa shape index (κ1) is 16.7. The van der Waals surface area contributed by atoms with Crippen molar-refractivity contribution in [1.82, 2.24) is 4.90 Å². The van der Waals surface area contributed by atoms with Crippen LogP contribution in [-0.2, 0) is 21.2 Å². The zero-order valence-corrected chi connectivity index (χ0v) is 13.3. The third kappa shape index (κ3) is 6.16. The molecule has 0 aliphatic heterocycles. The number of carbonyl (C=O) groups is 1. The molecular formula is C14H22N2O3S. The Hall–Kier alpha value is -1.40. The molecule has 0 unspecified atom stereocenters. The van der Waals surface area contributed by atoms with Crippen molar-refractivity contribution in [2.24, 2.45) is 0 Å². The minimum Gasteiger partial charge on any atom is -0.326 e. The number of carbonyl (C=O) groups excluding carboxylic acids is 1. The zero-order valence-electron chi connectivity index (χ0n) is 12.4. The van der Waals surface area contributed by atoms with Gasteiger partial charge in [0.1, 0.15) is 9.84 Å². The highest BCUT2D eigenvalue weighted by Gasteiger charge is 2.11. The lowest BCUT2D eigenvalue weighted by Crippen LogP contribution is -2.19. The molecule has 0 atom stereocenters. The Morgan fingerprint density at radius 1 is 1.30 bits per heavy atom. The lowest BCUT2D eigenvalue weighted by molar-refractivity contribution is -0.115. The van der Waals surface area contributed by atoms with Crippen LogP contribution in [0, 0.1) is 6.92 Å². The monoisotopic (exact) mass is 298 g/mol. The van der Waals surface area contributed by atoms with E-state index in [2.05, 4.69) is 5.32 Å². The molecule has 0 fully saturated rings. The fourth-order valence-corrected chi connectivity index (χ4v) is 2.36. The fourth-order valence-electron chi connectivity index (χ4n) is 1.81. The number of rotatable bonds is 6. The van der Waals surface area contributed by atoms with Crippen molar-refractivity contribution in [2.45, 2.75) is 19.9 Å². The second-order valence-corrected chi connectivity index (χ2v) is 7.59. The number of hydrogen-bond donors (Lipinski definition) is 1. The molecule has 0 aliphatic rings. The van der Waals surface area contributed by atoms with Crippen LogP contribution >= 0.6 is 0 Å². The Kier molecular flexibility index (Phi) is 5.71. The number of aryl methyl sites for hydroxylation is 1. The van der Waals surface area contributed by atoms with Crippen LogP contribution in [-0.4, -0.2) is 45.3 Å². The zero-order chi connectivity index (χ0) is 15.3. The smallest absolute Gasteiger partial charge is 0.225 e.